The van der Waals surface area contributed by atoms with Crippen LogP contribution in [0.1, 0.15) is 25.3 Å². The van der Waals surface area contributed by atoms with Crippen LogP contribution in [0.4, 0.5) is 0 Å². The van der Waals surface area contributed by atoms with E-state index in [-0.39, 0.29) is 24.2 Å². The number of carbonyl (C=O) groups is 1. The lowest BCUT2D eigenvalue weighted by molar-refractivity contribution is -0.122. The Balaban J connectivity index is 1.54. The first-order chi connectivity index (χ1) is 10.4. The smallest absolute Gasteiger partial charge is 0.231 e. The molecule has 1 saturated heterocycles. The van der Waals surface area contributed by atoms with Gasteiger partial charge in [-0.15, -0.1) is 0 Å². The first-order valence-corrected chi connectivity index (χ1v) is 9.07. The van der Waals surface area contributed by atoms with E-state index in [1.165, 1.54) is 0 Å². The van der Waals surface area contributed by atoms with Crippen LogP contribution in [-0.4, -0.2) is 38.2 Å². The van der Waals surface area contributed by atoms with Gasteiger partial charge in [-0.3, -0.25) is 4.79 Å². The summed E-state index contributed by atoms with van der Waals surface area (Å²) in [7, 11) is -3.02. The molecule has 1 N–H and O–H groups in total. The van der Waals surface area contributed by atoms with Crippen LogP contribution in [0.5, 0.6) is 11.5 Å². The van der Waals surface area contributed by atoms with E-state index in [4.69, 9.17) is 9.47 Å². The van der Waals surface area contributed by atoms with Gasteiger partial charge in [-0.25, -0.2) is 8.42 Å². The molecule has 0 spiro atoms. The maximum atomic E-state index is 12.1. The van der Waals surface area contributed by atoms with Crippen molar-refractivity contribution in [2.75, 3.05) is 18.3 Å². The molecule has 2 aliphatic heterocycles. The van der Waals surface area contributed by atoms with Crippen molar-refractivity contribution in [3.8, 4) is 11.5 Å². The van der Waals surface area contributed by atoms with Gasteiger partial charge in [0.2, 0.25) is 12.7 Å². The van der Waals surface area contributed by atoms with Crippen molar-refractivity contribution in [1.82, 2.24) is 5.32 Å². The Morgan fingerprint density at radius 2 is 2.09 bits per heavy atom. The zero-order valence-electron chi connectivity index (χ0n) is 12.4. The molecule has 0 unspecified atom stereocenters. The Labute approximate surface area is 129 Å². The van der Waals surface area contributed by atoms with Crippen molar-refractivity contribution < 1.29 is 22.7 Å². The molecule has 22 heavy (non-hydrogen) atoms. The lowest BCUT2D eigenvalue weighted by atomic mass is 10.0. The van der Waals surface area contributed by atoms with Gasteiger partial charge in [0.15, 0.2) is 21.3 Å². The van der Waals surface area contributed by atoms with E-state index in [0.29, 0.717) is 25.0 Å². The molecule has 3 rings (SSSR count). The predicted molar refractivity (Wildman–Crippen MR) is 80.7 cm³/mol. The van der Waals surface area contributed by atoms with Crippen molar-refractivity contribution >= 4 is 15.7 Å². The minimum atomic E-state index is -3.02. The molecule has 0 radical (unpaired) electrons. The summed E-state index contributed by atoms with van der Waals surface area (Å²) in [5, 5.41) is 2.86. The zero-order valence-corrected chi connectivity index (χ0v) is 13.2. The fraction of sp³-hybridized carbons (Fsp3) is 0.533. The molecule has 1 aromatic rings. The van der Waals surface area contributed by atoms with Crippen LogP contribution in [0.15, 0.2) is 18.2 Å². The number of hydrogen-bond acceptors (Lipinski definition) is 5. The minimum absolute atomic E-state index is 0.0236. The van der Waals surface area contributed by atoms with Crippen LogP contribution >= 0.6 is 0 Å². The highest BCUT2D eigenvalue weighted by molar-refractivity contribution is 7.91. The monoisotopic (exact) mass is 325 g/mol. The molecule has 0 aromatic heterocycles. The van der Waals surface area contributed by atoms with Gasteiger partial charge in [-0.05, 0) is 37.5 Å². The number of fused-ring (bicyclic) bond motifs is 1. The van der Waals surface area contributed by atoms with Gasteiger partial charge in [0.1, 0.15) is 0 Å². The van der Waals surface area contributed by atoms with Gasteiger partial charge < -0.3 is 14.8 Å². The molecular weight excluding hydrogens is 306 g/mol. The topological polar surface area (TPSA) is 81.7 Å². The summed E-state index contributed by atoms with van der Waals surface area (Å²) in [4.78, 5) is 12.1. The number of hydrogen-bond donors (Lipinski definition) is 1. The molecule has 6 nitrogen and oxygen atoms in total. The van der Waals surface area contributed by atoms with Crippen molar-refractivity contribution in [2.24, 2.45) is 0 Å². The Morgan fingerprint density at radius 1 is 1.32 bits per heavy atom. The van der Waals surface area contributed by atoms with E-state index in [1.54, 1.807) is 6.92 Å². The molecule has 0 bridgehead atoms. The molecule has 1 atom stereocenters. The lowest BCUT2D eigenvalue weighted by Crippen LogP contribution is -2.47. The number of carbonyl (C=O) groups excluding carboxylic acids is 1. The fourth-order valence-corrected chi connectivity index (χ4v) is 4.96. The highest BCUT2D eigenvalue weighted by Gasteiger charge is 2.39. The Kier molecular flexibility index (Phi) is 3.76. The molecule has 2 heterocycles. The summed E-state index contributed by atoms with van der Waals surface area (Å²) in [5.41, 5.74) is 0.355. The summed E-state index contributed by atoms with van der Waals surface area (Å²) in [5.74, 6) is 1.46. The van der Waals surface area contributed by atoms with Crippen molar-refractivity contribution in [3.05, 3.63) is 23.8 Å². The summed E-state index contributed by atoms with van der Waals surface area (Å²) < 4.78 is 33.6. The van der Waals surface area contributed by atoms with E-state index < -0.39 is 15.4 Å². The molecular formula is C15H19NO5S. The number of amides is 1. The fourth-order valence-electron chi connectivity index (χ4n) is 2.86. The molecule has 2 aliphatic rings. The van der Waals surface area contributed by atoms with Crippen molar-refractivity contribution in [3.63, 3.8) is 0 Å². The molecule has 7 heteroatoms. The quantitative estimate of drug-likeness (QED) is 0.894. The minimum Gasteiger partial charge on any atom is -0.454 e. The number of nitrogens with one attached hydrogen (secondary N) is 1. The maximum Gasteiger partial charge on any atom is 0.231 e. The summed E-state index contributed by atoms with van der Waals surface area (Å²) in [6.45, 7) is 2.02. The molecule has 0 saturated carbocycles. The zero-order chi connectivity index (χ0) is 15.8. The van der Waals surface area contributed by atoms with E-state index in [2.05, 4.69) is 5.32 Å². The first kappa shape index (κ1) is 15.1. The van der Waals surface area contributed by atoms with Gasteiger partial charge in [0.25, 0.3) is 0 Å². The average molecular weight is 325 g/mol. The molecule has 1 fully saturated rings. The number of aryl methyl sites for hydroxylation is 1. The van der Waals surface area contributed by atoms with Gasteiger partial charge in [-0.1, -0.05) is 6.07 Å². The number of rotatable bonds is 4. The average Bonchev–Trinajstić information content (AvgIpc) is 3.00. The van der Waals surface area contributed by atoms with Crippen LogP contribution < -0.4 is 14.8 Å². The van der Waals surface area contributed by atoms with Gasteiger partial charge in [-0.2, -0.15) is 0 Å². The van der Waals surface area contributed by atoms with E-state index in [1.807, 2.05) is 18.2 Å². The number of benzene rings is 1. The standard InChI is InChI=1S/C15H19NO5S/c1-15(6-7-22(18,19)9-15)16-14(17)5-3-11-2-4-12-13(8-11)21-10-20-12/h2,4,8H,3,5-7,9-10H2,1H3,(H,16,17)/t15-/m0/s1. The third-order valence-corrected chi connectivity index (χ3v) is 5.93. The highest BCUT2D eigenvalue weighted by Crippen LogP contribution is 2.32. The second-order valence-corrected chi connectivity index (χ2v) is 8.32. The third kappa shape index (κ3) is 3.35. The Bertz CT molecular complexity index is 700. The normalized spacial score (nSPS) is 25.1. The maximum absolute atomic E-state index is 12.1. The van der Waals surface area contributed by atoms with E-state index >= 15 is 0 Å². The summed E-state index contributed by atoms with van der Waals surface area (Å²) in [6.07, 6.45) is 1.37. The third-order valence-electron chi connectivity index (χ3n) is 4.02. The van der Waals surface area contributed by atoms with Crippen LogP contribution in [-0.2, 0) is 21.1 Å². The second-order valence-electron chi connectivity index (χ2n) is 6.14. The van der Waals surface area contributed by atoms with Gasteiger partial charge in [0, 0.05) is 6.42 Å². The molecule has 1 amide bonds. The van der Waals surface area contributed by atoms with Gasteiger partial charge in [0.05, 0.1) is 17.0 Å². The van der Waals surface area contributed by atoms with Gasteiger partial charge >= 0.3 is 0 Å². The Hall–Kier alpha value is -1.76. The molecule has 0 aliphatic carbocycles. The van der Waals surface area contributed by atoms with E-state index in [0.717, 1.165) is 11.3 Å². The van der Waals surface area contributed by atoms with Crippen LogP contribution in [0.3, 0.4) is 0 Å². The van der Waals surface area contributed by atoms with Crippen LogP contribution in [0, 0.1) is 0 Å². The molecule has 120 valence electrons. The summed E-state index contributed by atoms with van der Waals surface area (Å²) >= 11 is 0. The SMILES string of the molecule is C[C@]1(NC(=O)CCc2ccc3c(c2)OCO3)CCS(=O)(=O)C1. The second kappa shape index (κ2) is 5.46. The molecule has 1 aromatic carbocycles. The Morgan fingerprint density at radius 3 is 2.82 bits per heavy atom. The number of sulfone groups is 1. The van der Waals surface area contributed by atoms with E-state index in [9.17, 15) is 13.2 Å². The summed E-state index contributed by atoms with van der Waals surface area (Å²) in [6, 6.07) is 5.61. The predicted octanol–water partition coefficient (Wildman–Crippen LogP) is 1.04. The van der Waals surface area contributed by atoms with Crippen molar-refractivity contribution in [2.45, 2.75) is 31.7 Å². The largest absolute Gasteiger partial charge is 0.454 e. The van der Waals surface area contributed by atoms with Crippen molar-refractivity contribution in [1.29, 1.82) is 0 Å². The van der Waals surface area contributed by atoms with Crippen LogP contribution in [0.25, 0.3) is 0 Å². The lowest BCUT2D eigenvalue weighted by Gasteiger charge is -2.23. The first-order valence-electron chi connectivity index (χ1n) is 7.25. The number of ether oxygens (including phenoxy) is 2. The highest BCUT2D eigenvalue weighted by atomic mass is 32.2. The van der Waals surface area contributed by atoms with Crippen LogP contribution in [0.2, 0.25) is 0 Å².